The van der Waals surface area contributed by atoms with Crippen molar-refractivity contribution >= 4 is 22.7 Å². The summed E-state index contributed by atoms with van der Waals surface area (Å²) < 4.78 is 1.75. The number of hydrogen-bond acceptors (Lipinski definition) is 3. The molecular weight excluding hydrogens is 376 g/mol. The van der Waals surface area contributed by atoms with Crippen LogP contribution in [0.1, 0.15) is 29.2 Å². The van der Waals surface area contributed by atoms with Crippen LogP contribution in [0.2, 0.25) is 0 Å². The van der Waals surface area contributed by atoms with E-state index < -0.39 is 0 Å². The standard InChI is InChI=1S/C25H24N2OS/c1-4-19-11-13-21(14-12-19)27-24(28)22-7-5-6-8-23(22)26-25(27)29-16-20-15-17(2)9-10-18(20)3/h5-15H,4,16H2,1-3H3. The van der Waals surface area contributed by atoms with Gasteiger partial charge in [-0.1, -0.05) is 66.7 Å². The van der Waals surface area contributed by atoms with Gasteiger partial charge in [0.1, 0.15) is 0 Å². The Kier molecular flexibility index (Phi) is 5.54. The van der Waals surface area contributed by atoms with Crippen LogP contribution in [0.5, 0.6) is 0 Å². The molecule has 0 aliphatic heterocycles. The Morgan fingerprint density at radius 3 is 2.48 bits per heavy atom. The maximum atomic E-state index is 13.3. The number of aromatic nitrogens is 2. The summed E-state index contributed by atoms with van der Waals surface area (Å²) in [5.74, 6) is 0.769. The van der Waals surface area contributed by atoms with E-state index in [0.29, 0.717) is 5.39 Å². The van der Waals surface area contributed by atoms with Gasteiger partial charge in [-0.05, 0) is 61.2 Å². The Morgan fingerprint density at radius 1 is 0.966 bits per heavy atom. The highest BCUT2D eigenvalue weighted by Crippen LogP contribution is 2.26. The van der Waals surface area contributed by atoms with E-state index in [1.165, 1.54) is 22.3 Å². The molecular formula is C25H24N2OS. The highest BCUT2D eigenvalue weighted by Gasteiger charge is 2.14. The number of aryl methyl sites for hydroxylation is 3. The molecule has 0 amide bonds. The van der Waals surface area contributed by atoms with Gasteiger partial charge in [0.15, 0.2) is 5.16 Å². The molecule has 3 aromatic carbocycles. The largest absolute Gasteiger partial charge is 0.268 e. The third kappa shape index (κ3) is 3.99. The van der Waals surface area contributed by atoms with Crippen LogP contribution in [-0.4, -0.2) is 9.55 Å². The molecule has 146 valence electrons. The topological polar surface area (TPSA) is 34.9 Å². The Bertz CT molecular complexity index is 1230. The van der Waals surface area contributed by atoms with E-state index >= 15 is 0 Å². The maximum Gasteiger partial charge on any atom is 0.266 e. The van der Waals surface area contributed by atoms with Gasteiger partial charge in [-0.3, -0.25) is 9.36 Å². The predicted octanol–water partition coefficient (Wildman–Crippen LogP) is 5.86. The fraction of sp³-hybridized carbons (Fsp3) is 0.200. The van der Waals surface area contributed by atoms with E-state index in [0.717, 1.165) is 28.5 Å². The Hall–Kier alpha value is -2.85. The molecule has 0 bridgehead atoms. The van der Waals surface area contributed by atoms with E-state index in [1.807, 2.05) is 36.4 Å². The zero-order valence-corrected chi connectivity index (χ0v) is 17.8. The summed E-state index contributed by atoms with van der Waals surface area (Å²) in [5, 5.41) is 1.36. The summed E-state index contributed by atoms with van der Waals surface area (Å²) in [6.07, 6.45) is 0.972. The first-order chi connectivity index (χ1) is 14.1. The third-order valence-corrected chi connectivity index (χ3v) is 6.20. The van der Waals surface area contributed by atoms with E-state index in [2.05, 4.69) is 51.1 Å². The van der Waals surface area contributed by atoms with Crippen molar-refractivity contribution in [1.29, 1.82) is 0 Å². The van der Waals surface area contributed by atoms with Crippen molar-refractivity contribution in [3.63, 3.8) is 0 Å². The minimum atomic E-state index is -0.0247. The van der Waals surface area contributed by atoms with Gasteiger partial charge >= 0.3 is 0 Å². The minimum Gasteiger partial charge on any atom is -0.268 e. The number of rotatable bonds is 5. The molecule has 4 rings (SSSR count). The number of hydrogen-bond donors (Lipinski definition) is 0. The Morgan fingerprint density at radius 2 is 1.72 bits per heavy atom. The molecule has 0 fully saturated rings. The Labute approximate surface area is 175 Å². The summed E-state index contributed by atoms with van der Waals surface area (Å²) in [4.78, 5) is 18.2. The first kappa shape index (κ1) is 19.5. The van der Waals surface area contributed by atoms with E-state index in [-0.39, 0.29) is 5.56 Å². The molecule has 3 nitrogen and oxygen atoms in total. The van der Waals surface area contributed by atoms with Crippen LogP contribution in [-0.2, 0) is 12.2 Å². The lowest BCUT2D eigenvalue weighted by atomic mass is 10.1. The second-order valence-electron chi connectivity index (χ2n) is 7.29. The molecule has 0 saturated heterocycles. The normalized spacial score (nSPS) is 11.1. The van der Waals surface area contributed by atoms with E-state index in [9.17, 15) is 4.79 Å². The van der Waals surface area contributed by atoms with Crippen LogP contribution in [0.25, 0.3) is 16.6 Å². The smallest absolute Gasteiger partial charge is 0.266 e. The first-order valence-electron chi connectivity index (χ1n) is 9.87. The van der Waals surface area contributed by atoms with Crippen molar-refractivity contribution in [2.45, 2.75) is 38.1 Å². The van der Waals surface area contributed by atoms with Gasteiger partial charge in [0.05, 0.1) is 16.6 Å². The summed E-state index contributed by atoms with van der Waals surface area (Å²) in [6, 6.07) is 22.2. The van der Waals surface area contributed by atoms with Gasteiger partial charge in [0.2, 0.25) is 0 Å². The molecule has 4 aromatic rings. The van der Waals surface area contributed by atoms with Gasteiger partial charge in [-0.15, -0.1) is 0 Å². The minimum absolute atomic E-state index is 0.0247. The van der Waals surface area contributed by atoms with Crippen LogP contribution in [0.15, 0.2) is 76.7 Å². The molecule has 0 spiro atoms. The lowest BCUT2D eigenvalue weighted by molar-refractivity contribution is 0.819. The molecule has 29 heavy (non-hydrogen) atoms. The molecule has 0 atom stereocenters. The van der Waals surface area contributed by atoms with Crippen molar-refractivity contribution in [2.75, 3.05) is 0 Å². The van der Waals surface area contributed by atoms with E-state index in [4.69, 9.17) is 4.98 Å². The summed E-state index contributed by atoms with van der Waals surface area (Å²) in [5.41, 5.74) is 6.58. The molecule has 1 aromatic heterocycles. The quantitative estimate of drug-likeness (QED) is 0.311. The fourth-order valence-corrected chi connectivity index (χ4v) is 4.49. The van der Waals surface area contributed by atoms with Gasteiger partial charge < -0.3 is 0 Å². The Balaban J connectivity index is 1.82. The van der Waals surface area contributed by atoms with Crippen LogP contribution in [0, 0.1) is 13.8 Å². The van der Waals surface area contributed by atoms with Crippen molar-refractivity contribution in [3.8, 4) is 5.69 Å². The van der Waals surface area contributed by atoms with Crippen LogP contribution in [0.3, 0.4) is 0 Å². The number of fused-ring (bicyclic) bond motifs is 1. The zero-order valence-electron chi connectivity index (χ0n) is 17.0. The number of para-hydroxylation sites is 1. The molecule has 0 aliphatic rings. The first-order valence-corrected chi connectivity index (χ1v) is 10.9. The van der Waals surface area contributed by atoms with Gasteiger partial charge in [-0.25, -0.2) is 4.98 Å². The lowest BCUT2D eigenvalue weighted by Gasteiger charge is -2.14. The number of nitrogens with zero attached hydrogens (tertiary/aromatic N) is 2. The summed E-state index contributed by atoms with van der Waals surface area (Å²) >= 11 is 1.61. The second kappa shape index (κ2) is 8.26. The van der Waals surface area contributed by atoms with Crippen LogP contribution < -0.4 is 5.56 Å². The predicted molar refractivity (Wildman–Crippen MR) is 122 cm³/mol. The molecule has 4 heteroatoms. The van der Waals surface area contributed by atoms with Gasteiger partial charge in [0, 0.05) is 5.75 Å². The molecule has 1 heterocycles. The van der Waals surface area contributed by atoms with Crippen molar-refractivity contribution < 1.29 is 0 Å². The lowest BCUT2D eigenvalue weighted by Crippen LogP contribution is -2.21. The maximum absolute atomic E-state index is 13.3. The van der Waals surface area contributed by atoms with Crippen molar-refractivity contribution in [2.24, 2.45) is 0 Å². The van der Waals surface area contributed by atoms with Crippen LogP contribution in [0.4, 0.5) is 0 Å². The van der Waals surface area contributed by atoms with Gasteiger partial charge in [-0.2, -0.15) is 0 Å². The van der Waals surface area contributed by atoms with Gasteiger partial charge in [0.25, 0.3) is 5.56 Å². The highest BCUT2D eigenvalue weighted by atomic mass is 32.2. The zero-order chi connectivity index (χ0) is 20.4. The summed E-state index contributed by atoms with van der Waals surface area (Å²) in [7, 11) is 0. The molecule has 0 aliphatic carbocycles. The number of benzene rings is 3. The SMILES string of the molecule is CCc1ccc(-n2c(SCc3cc(C)ccc3C)nc3ccccc3c2=O)cc1. The van der Waals surface area contributed by atoms with Crippen LogP contribution >= 0.6 is 11.8 Å². The summed E-state index contributed by atoms with van der Waals surface area (Å²) in [6.45, 7) is 6.36. The molecule has 0 N–H and O–H groups in total. The fourth-order valence-electron chi connectivity index (χ4n) is 3.42. The van der Waals surface area contributed by atoms with Crippen molar-refractivity contribution in [3.05, 3.63) is 99.3 Å². The molecule has 0 unspecified atom stereocenters. The monoisotopic (exact) mass is 400 g/mol. The average molecular weight is 401 g/mol. The number of thioether (sulfide) groups is 1. The average Bonchev–Trinajstić information content (AvgIpc) is 2.75. The highest BCUT2D eigenvalue weighted by molar-refractivity contribution is 7.98. The third-order valence-electron chi connectivity index (χ3n) is 5.21. The second-order valence-corrected chi connectivity index (χ2v) is 8.23. The van der Waals surface area contributed by atoms with E-state index in [1.54, 1.807) is 16.3 Å². The van der Waals surface area contributed by atoms with Crippen molar-refractivity contribution in [1.82, 2.24) is 9.55 Å². The molecule has 0 saturated carbocycles. The molecule has 0 radical (unpaired) electrons.